The summed E-state index contributed by atoms with van der Waals surface area (Å²) in [5.74, 6) is 1.29. The van der Waals surface area contributed by atoms with Crippen LogP contribution < -0.4 is 20.1 Å². The van der Waals surface area contributed by atoms with Gasteiger partial charge in [0, 0.05) is 13.1 Å². The second kappa shape index (κ2) is 9.11. The summed E-state index contributed by atoms with van der Waals surface area (Å²) < 4.78 is 26.1. The van der Waals surface area contributed by atoms with E-state index in [1.807, 2.05) is 12.1 Å². The van der Waals surface area contributed by atoms with Crippen molar-refractivity contribution in [3.8, 4) is 11.5 Å². The van der Waals surface area contributed by atoms with Crippen LogP contribution >= 0.6 is 0 Å². The van der Waals surface area contributed by atoms with Gasteiger partial charge in [0.1, 0.15) is 24.6 Å². The minimum atomic E-state index is -0.709. The van der Waals surface area contributed by atoms with Crippen LogP contribution in [0.25, 0.3) is 11.0 Å². The Morgan fingerprint density at radius 3 is 2.79 bits per heavy atom. The molecule has 0 spiro atoms. The number of ether oxygens (including phenoxy) is 2. The monoisotopic (exact) mass is 448 g/mol. The highest BCUT2D eigenvalue weighted by molar-refractivity contribution is 5.86. The first-order valence-corrected chi connectivity index (χ1v) is 10.5. The van der Waals surface area contributed by atoms with Gasteiger partial charge in [-0.1, -0.05) is 24.3 Å². The molecule has 0 aliphatic carbocycles. The van der Waals surface area contributed by atoms with Crippen LogP contribution in [0.4, 0.5) is 10.2 Å². The first kappa shape index (κ1) is 20.7. The number of carbonyl (C=O) groups is 1. The molecule has 3 heterocycles. The van der Waals surface area contributed by atoms with E-state index in [0.29, 0.717) is 42.6 Å². The second-order valence-corrected chi connectivity index (χ2v) is 7.46. The van der Waals surface area contributed by atoms with Gasteiger partial charge in [0.25, 0.3) is 5.91 Å². The maximum absolute atomic E-state index is 13.1. The Bertz CT molecular complexity index is 1280. The maximum Gasteiger partial charge on any atom is 0.264 e. The first-order chi connectivity index (χ1) is 16.2. The molecule has 10 heteroatoms. The summed E-state index contributed by atoms with van der Waals surface area (Å²) >= 11 is 0. The highest BCUT2D eigenvalue weighted by Gasteiger charge is 2.26. The zero-order chi connectivity index (χ0) is 22.6. The van der Waals surface area contributed by atoms with Gasteiger partial charge in [-0.2, -0.15) is 5.10 Å². The van der Waals surface area contributed by atoms with Crippen molar-refractivity contribution in [1.29, 1.82) is 0 Å². The number of nitrogens with zero attached hydrogens (tertiary/aromatic N) is 4. The van der Waals surface area contributed by atoms with Gasteiger partial charge in [-0.15, -0.1) is 0 Å². The molecule has 168 valence electrons. The smallest absolute Gasteiger partial charge is 0.264 e. The molecule has 0 saturated heterocycles. The molecule has 2 aromatic heterocycles. The number of halogens is 1. The van der Waals surface area contributed by atoms with Crippen molar-refractivity contribution in [2.45, 2.75) is 19.2 Å². The topological polar surface area (TPSA) is 103 Å². The SMILES string of the molecule is O=C(NCCn1ncc2c(NCc3ccc(F)cc3)ncnc21)C1COc2ccccc2O1. The molecular formula is C23H21FN6O3. The minimum Gasteiger partial charge on any atom is -0.485 e. The van der Waals surface area contributed by atoms with Crippen LogP contribution in [0.2, 0.25) is 0 Å². The lowest BCUT2D eigenvalue weighted by Crippen LogP contribution is -2.44. The van der Waals surface area contributed by atoms with E-state index >= 15 is 0 Å². The largest absolute Gasteiger partial charge is 0.485 e. The summed E-state index contributed by atoms with van der Waals surface area (Å²) in [5.41, 5.74) is 1.57. The van der Waals surface area contributed by atoms with Gasteiger partial charge in [0.15, 0.2) is 17.1 Å². The van der Waals surface area contributed by atoms with E-state index in [-0.39, 0.29) is 18.3 Å². The Morgan fingerprint density at radius 1 is 1.12 bits per heavy atom. The van der Waals surface area contributed by atoms with E-state index in [1.165, 1.54) is 18.5 Å². The van der Waals surface area contributed by atoms with Crippen molar-refractivity contribution in [2.75, 3.05) is 18.5 Å². The van der Waals surface area contributed by atoms with E-state index in [4.69, 9.17) is 9.47 Å². The summed E-state index contributed by atoms with van der Waals surface area (Å²) in [5, 5.41) is 11.2. The van der Waals surface area contributed by atoms with Gasteiger partial charge in [-0.25, -0.2) is 19.0 Å². The number of para-hydroxylation sites is 2. The number of hydrogen-bond acceptors (Lipinski definition) is 7. The Balaban J connectivity index is 1.18. The van der Waals surface area contributed by atoms with Crippen LogP contribution in [-0.2, 0) is 17.9 Å². The lowest BCUT2D eigenvalue weighted by molar-refractivity contribution is -0.130. The van der Waals surface area contributed by atoms with E-state index in [9.17, 15) is 9.18 Å². The van der Waals surface area contributed by atoms with Crippen LogP contribution in [0.15, 0.2) is 61.1 Å². The van der Waals surface area contributed by atoms with Crippen molar-refractivity contribution in [1.82, 2.24) is 25.1 Å². The van der Waals surface area contributed by atoms with Gasteiger partial charge in [-0.05, 0) is 29.8 Å². The summed E-state index contributed by atoms with van der Waals surface area (Å²) in [6.45, 7) is 1.41. The fraction of sp³-hybridized carbons (Fsp3) is 0.217. The molecular weight excluding hydrogens is 427 g/mol. The molecule has 0 bridgehead atoms. The highest BCUT2D eigenvalue weighted by Crippen LogP contribution is 2.30. The molecule has 2 aromatic carbocycles. The van der Waals surface area contributed by atoms with Crippen molar-refractivity contribution in [2.24, 2.45) is 0 Å². The van der Waals surface area contributed by atoms with E-state index in [1.54, 1.807) is 35.1 Å². The lowest BCUT2D eigenvalue weighted by atomic mass is 10.2. The fourth-order valence-corrected chi connectivity index (χ4v) is 3.53. The first-order valence-electron chi connectivity index (χ1n) is 10.5. The molecule has 2 N–H and O–H groups in total. The van der Waals surface area contributed by atoms with E-state index in [0.717, 1.165) is 10.9 Å². The third kappa shape index (κ3) is 4.54. The summed E-state index contributed by atoms with van der Waals surface area (Å²) in [7, 11) is 0. The number of benzene rings is 2. The average molecular weight is 448 g/mol. The van der Waals surface area contributed by atoms with E-state index < -0.39 is 6.10 Å². The number of amides is 1. The Kier molecular flexibility index (Phi) is 5.71. The number of nitrogens with one attached hydrogen (secondary N) is 2. The van der Waals surface area contributed by atoms with Crippen LogP contribution in [-0.4, -0.2) is 44.9 Å². The number of hydrogen-bond donors (Lipinski definition) is 2. The maximum atomic E-state index is 13.1. The van der Waals surface area contributed by atoms with Gasteiger partial charge in [0.05, 0.1) is 18.1 Å². The van der Waals surface area contributed by atoms with Gasteiger partial charge >= 0.3 is 0 Å². The van der Waals surface area contributed by atoms with Gasteiger partial charge < -0.3 is 20.1 Å². The van der Waals surface area contributed by atoms with Crippen molar-refractivity contribution in [3.05, 3.63) is 72.4 Å². The molecule has 5 rings (SSSR count). The minimum absolute atomic E-state index is 0.157. The Hall–Kier alpha value is -4.21. The number of fused-ring (bicyclic) bond motifs is 2. The summed E-state index contributed by atoms with van der Waals surface area (Å²) in [4.78, 5) is 21.1. The van der Waals surface area contributed by atoms with Crippen molar-refractivity contribution < 1.29 is 18.7 Å². The van der Waals surface area contributed by atoms with Gasteiger partial charge in [0.2, 0.25) is 6.10 Å². The Morgan fingerprint density at radius 2 is 1.94 bits per heavy atom. The van der Waals surface area contributed by atoms with Crippen LogP contribution in [0.5, 0.6) is 11.5 Å². The molecule has 33 heavy (non-hydrogen) atoms. The van der Waals surface area contributed by atoms with Crippen LogP contribution in [0.1, 0.15) is 5.56 Å². The average Bonchev–Trinajstić information content (AvgIpc) is 3.27. The molecule has 1 aliphatic heterocycles. The molecule has 4 aromatic rings. The van der Waals surface area contributed by atoms with Crippen LogP contribution in [0, 0.1) is 5.82 Å². The third-order valence-electron chi connectivity index (χ3n) is 5.23. The predicted molar refractivity (Wildman–Crippen MR) is 118 cm³/mol. The number of carbonyl (C=O) groups excluding carboxylic acids is 1. The third-order valence-corrected chi connectivity index (χ3v) is 5.23. The molecule has 1 unspecified atom stereocenters. The molecule has 1 atom stereocenters. The molecule has 0 fully saturated rings. The zero-order valence-electron chi connectivity index (χ0n) is 17.6. The fourth-order valence-electron chi connectivity index (χ4n) is 3.53. The van der Waals surface area contributed by atoms with Crippen molar-refractivity contribution in [3.63, 3.8) is 0 Å². The Labute approximate surface area is 188 Å². The molecule has 1 amide bonds. The summed E-state index contributed by atoms with van der Waals surface area (Å²) in [6.07, 6.45) is 2.43. The predicted octanol–water partition coefficient (Wildman–Crippen LogP) is 2.53. The van der Waals surface area contributed by atoms with E-state index in [2.05, 4.69) is 25.7 Å². The highest BCUT2D eigenvalue weighted by atomic mass is 19.1. The number of anilines is 1. The molecule has 1 aliphatic rings. The van der Waals surface area contributed by atoms with Gasteiger partial charge in [-0.3, -0.25) is 4.79 Å². The standard InChI is InChI=1S/C23H21FN6O3/c24-16-7-5-15(6-8-16)11-26-21-17-12-29-30(22(17)28-14-27-21)10-9-25-23(31)20-13-32-18-3-1-2-4-19(18)33-20/h1-8,12,14,20H,9-11,13H2,(H,25,31)(H,26,27,28). The van der Waals surface area contributed by atoms with Crippen LogP contribution in [0.3, 0.4) is 0 Å². The molecule has 0 saturated carbocycles. The quantitative estimate of drug-likeness (QED) is 0.448. The second-order valence-electron chi connectivity index (χ2n) is 7.46. The zero-order valence-corrected chi connectivity index (χ0v) is 17.6. The molecule has 9 nitrogen and oxygen atoms in total. The number of rotatable bonds is 7. The number of aromatic nitrogens is 4. The summed E-state index contributed by atoms with van der Waals surface area (Å²) in [6, 6.07) is 13.5. The normalized spacial score (nSPS) is 14.8. The lowest BCUT2D eigenvalue weighted by Gasteiger charge is -2.25. The van der Waals surface area contributed by atoms with Crippen molar-refractivity contribution >= 4 is 22.8 Å². The molecule has 0 radical (unpaired) electrons.